The van der Waals surface area contributed by atoms with E-state index >= 15 is 0 Å². The van der Waals surface area contributed by atoms with E-state index in [2.05, 4.69) is 0 Å². The summed E-state index contributed by atoms with van der Waals surface area (Å²) < 4.78 is 5.43. The largest absolute Gasteiger partial charge is 0.496 e. The third-order valence-corrected chi connectivity index (χ3v) is 4.19. The van der Waals surface area contributed by atoms with E-state index in [9.17, 15) is 4.79 Å². The molecule has 0 radical (unpaired) electrons. The van der Waals surface area contributed by atoms with Gasteiger partial charge in [-0.05, 0) is 40.6 Å². The van der Waals surface area contributed by atoms with Gasteiger partial charge in [0.15, 0.2) is 0 Å². The fourth-order valence-electron chi connectivity index (χ4n) is 2.74. The van der Waals surface area contributed by atoms with Crippen LogP contribution in [0.3, 0.4) is 0 Å². The Labute approximate surface area is 146 Å². The van der Waals surface area contributed by atoms with E-state index in [4.69, 9.17) is 16.3 Å². The first-order valence-corrected chi connectivity index (χ1v) is 8.03. The van der Waals surface area contributed by atoms with Gasteiger partial charge in [-0.3, -0.25) is 4.79 Å². The van der Waals surface area contributed by atoms with Crippen LogP contribution in [0, 0.1) is 0 Å². The molecule has 0 saturated heterocycles. The third kappa shape index (κ3) is 3.36. The second kappa shape index (κ2) is 6.93. The molecule has 0 bridgehead atoms. The molecule has 0 saturated carbocycles. The number of methoxy groups -OCH3 is 1. The first kappa shape index (κ1) is 16.3. The van der Waals surface area contributed by atoms with Crippen molar-refractivity contribution in [2.45, 2.75) is 6.54 Å². The van der Waals surface area contributed by atoms with Crippen LogP contribution >= 0.6 is 11.6 Å². The van der Waals surface area contributed by atoms with Gasteiger partial charge in [0, 0.05) is 18.6 Å². The lowest BCUT2D eigenvalue weighted by molar-refractivity contribution is 0.0782. The molecule has 0 fully saturated rings. The summed E-state index contributed by atoms with van der Waals surface area (Å²) in [7, 11) is 3.36. The second-order valence-electron chi connectivity index (χ2n) is 5.69. The smallest absolute Gasteiger partial charge is 0.257 e. The van der Waals surface area contributed by atoms with E-state index in [-0.39, 0.29) is 5.91 Å². The van der Waals surface area contributed by atoms with Crippen LogP contribution in [0.25, 0.3) is 10.8 Å². The lowest BCUT2D eigenvalue weighted by Gasteiger charge is -2.19. The minimum Gasteiger partial charge on any atom is -0.496 e. The van der Waals surface area contributed by atoms with Crippen LogP contribution in [0.1, 0.15) is 15.9 Å². The number of rotatable bonds is 4. The van der Waals surface area contributed by atoms with Gasteiger partial charge in [-0.2, -0.15) is 0 Å². The van der Waals surface area contributed by atoms with Crippen LogP contribution in [0.2, 0.25) is 5.02 Å². The average molecular weight is 340 g/mol. The predicted molar refractivity (Wildman–Crippen MR) is 97.7 cm³/mol. The molecule has 0 unspecified atom stereocenters. The van der Waals surface area contributed by atoms with Crippen LogP contribution in [-0.4, -0.2) is 25.0 Å². The van der Waals surface area contributed by atoms with Crippen molar-refractivity contribution in [3.63, 3.8) is 0 Å². The monoisotopic (exact) mass is 339 g/mol. The quantitative estimate of drug-likeness (QED) is 0.685. The molecule has 1 amide bonds. The number of ether oxygens (including phenoxy) is 1. The van der Waals surface area contributed by atoms with E-state index < -0.39 is 0 Å². The van der Waals surface area contributed by atoms with E-state index in [1.165, 1.54) is 0 Å². The number of fused-ring (bicyclic) bond motifs is 1. The molecule has 0 aliphatic carbocycles. The molecule has 24 heavy (non-hydrogen) atoms. The van der Waals surface area contributed by atoms with Crippen molar-refractivity contribution >= 4 is 28.3 Å². The normalized spacial score (nSPS) is 10.6. The molecule has 0 N–H and O–H groups in total. The highest BCUT2D eigenvalue weighted by molar-refractivity contribution is 6.30. The van der Waals surface area contributed by atoms with E-state index in [0.29, 0.717) is 22.9 Å². The van der Waals surface area contributed by atoms with Crippen molar-refractivity contribution in [1.29, 1.82) is 0 Å². The van der Waals surface area contributed by atoms with Crippen LogP contribution in [-0.2, 0) is 6.54 Å². The van der Waals surface area contributed by atoms with Crippen molar-refractivity contribution in [2.24, 2.45) is 0 Å². The Morgan fingerprint density at radius 1 is 1.04 bits per heavy atom. The average Bonchev–Trinajstić information content (AvgIpc) is 2.59. The summed E-state index contributed by atoms with van der Waals surface area (Å²) in [6, 6.07) is 19.2. The number of halogens is 1. The molecular weight excluding hydrogens is 322 g/mol. The lowest BCUT2D eigenvalue weighted by Crippen LogP contribution is -2.26. The first-order valence-electron chi connectivity index (χ1n) is 7.65. The number of carbonyl (C=O) groups is 1. The molecular formula is C20H18ClNO2. The van der Waals surface area contributed by atoms with Gasteiger partial charge in [0.25, 0.3) is 5.91 Å². The van der Waals surface area contributed by atoms with Crippen LogP contribution in [0.4, 0.5) is 0 Å². The number of nitrogens with zero attached hydrogens (tertiary/aromatic N) is 1. The SMILES string of the molecule is COc1cc2ccccc2cc1C(=O)N(C)Cc1cccc(Cl)c1. The number of benzene rings is 3. The zero-order valence-corrected chi connectivity index (χ0v) is 14.4. The maximum atomic E-state index is 12.9. The molecule has 0 aliphatic heterocycles. The summed E-state index contributed by atoms with van der Waals surface area (Å²) in [4.78, 5) is 14.5. The molecule has 4 heteroatoms. The molecule has 0 heterocycles. The zero-order valence-electron chi connectivity index (χ0n) is 13.6. The lowest BCUT2D eigenvalue weighted by atomic mass is 10.0. The Bertz CT molecular complexity index is 892. The molecule has 3 aromatic carbocycles. The Balaban J connectivity index is 1.92. The van der Waals surface area contributed by atoms with Gasteiger partial charge in [-0.15, -0.1) is 0 Å². The number of amides is 1. The molecule has 0 spiro atoms. The summed E-state index contributed by atoms with van der Waals surface area (Å²) in [6.07, 6.45) is 0. The summed E-state index contributed by atoms with van der Waals surface area (Å²) in [6.45, 7) is 0.482. The van der Waals surface area contributed by atoms with Gasteiger partial charge in [-0.1, -0.05) is 48.0 Å². The van der Waals surface area contributed by atoms with E-state index in [0.717, 1.165) is 16.3 Å². The van der Waals surface area contributed by atoms with Crippen molar-refractivity contribution in [2.75, 3.05) is 14.2 Å². The predicted octanol–water partition coefficient (Wildman–Crippen LogP) is 4.77. The zero-order chi connectivity index (χ0) is 17.1. The van der Waals surface area contributed by atoms with Gasteiger partial charge in [0.05, 0.1) is 12.7 Å². The van der Waals surface area contributed by atoms with Crippen molar-refractivity contribution in [1.82, 2.24) is 4.90 Å². The highest BCUT2D eigenvalue weighted by atomic mass is 35.5. The molecule has 3 nitrogen and oxygen atoms in total. The molecule has 122 valence electrons. The van der Waals surface area contributed by atoms with Gasteiger partial charge < -0.3 is 9.64 Å². The molecule has 0 aliphatic rings. The van der Waals surface area contributed by atoms with Crippen molar-refractivity contribution < 1.29 is 9.53 Å². The van der Waals surface area contributed by atoms with Crippen LogP contribution < -0.4 is 4.74 Å². The molecule has 3 rings (SSSR count). The summed E-state index contributed by atoms with van der Waals surface area (Å²) >= 11 is 6.01. The maximum Gasteiger partial charge on any atom is 0.257 e. The molecule has 0 aromatic heterocycles. The van der Waals surface area contributed by atoms with Gasteiger partial charge in [-0.25, -0.2) is 0 Å². The van der Waals surface area contributed by atoms with Crippen LogP contribution in [0.15, 0.2) is 60.7 Å². The van der Waals surface area contributed by atoms with Crippen LogP contribution in [0.5, 0.6) is 5.75 Å². The number of hydrogen-bond donors (Lipinski definition) is 0. The minimum absolute atomic E-state index is 0.0856. The number of carbonyl (C=O) groups excluding carboxylic acids is 1. The summed E-state index contributed by atoms with van der Waals surface area (Å²) in [5.41, 5.74) is 1.54. The Hall–Kier alpha value is -2.52. The first-order chi connectivity index (χ1) is 11.6. The topological polar surface area (TPSA) is 29.5 Å². The standard InChI is InChI=1S/C20H18ClNO2/c1-22(13-14-6-5-9-17(21)10-14)20(23)18-11-15-7-3-4-8-16(15)12-19(18)24-2/h3-12H,13H2,1-2H3. The minimum atomic E-state index is -0.0856. The Kier molecular flexibility index (Phi) is 4.72. The van der Waals surface area contributed by atoms with E-state index in [1.807, 2.05) is 60.7 Å². The fourth-order valence-corrected chi connectivity index (χ4v) is 2.95. The Morgan fingerprint density at radius 2 is 1.75 bits per heavy atom. The Morgan fingerprint density at radius 3 is 2.42 bits per heavy atom. The maximum absolute atomic E-state index is 12.9. The molecule has 3 aromatic rings. The molecule has 0 atom stereocenters. The summed E-state index contributed by atoms with van der Waals surface area (Å²) in [5, 5.41) is 2.72. The van der Waals surface area contributed by atoms with Gasteiger partial charge in [0.2, 0.25) is 0 Å². The van der Waals surface area contributed by atoms with Crippen molar-refractivity contribution in [3.05, 3.63) is 76.8 Å². The van der Waals surface area contributed by atoms with E-state index in [1.54, 1.807) is 19.1 Å². The fraction of sp³-hybridized carbons (Fsp3) is 0.150. The second-order valence-corrected chi connectivity index (χ2v) is 6.13. The highest BCUT2D eigenvalue weighted by Gasteiger charge is 2.18. The summed E-state index contributed by atoms with van der Waals surface area (Å²) in [5.74, 6) is 0.495. The van der Waals surface area contributed by atoms with Gasteiger partial charge in [0.1, 0.15) is 5.75 Å². The number of hydrogen-bond acceptors (Lipinski definition) is 2. The highest BCUT2D eigenvalue weighted by Crippen LogP contribution is 2.27. The van der Waals surface area contributed by atoms with Crippen molar-refractivity contribution in [3.8, 4) is 5.75 Å². The van der Waals surface area contributed by atoms with Gasteiger partial charge >= 0.3 is 0 Å². The third-order valence-electron chi connectivity index (χ3n) is 3.95.